The number of rotatable bonds is 5. The Balaban J connectivity index is 1.94. The third-order valence-corrected chi connectivity index (χ3v) is 4.65. The van der Waals surface area contributed by atoms with Gasteiger partial charge in [0.15, 0.2) is 5.17 Å². The van der Waals surface area contributed by atoms with Gasteiger partial charge in [-0.1, -0.05) is 0 Å². The molecule has 27 heavy (non-hydrogen) atoms. The fourth-order valence-electron chi connectivity index (χ4n) is 2.42. The van der Waals surface area contributed by atoms with Gasteiger partial charge in [0.1, 0.15) is 23.1 Å². The molecule has 3 rings (SSSR count). The standard InChI is InChI=1S/C19H17FN2O4S/c1-24-13-8-15(25-2)14(16(9-13)26-3)10-17-18(23)22-19(27-17)21-12-6-4-11(20)5-7-12/h4-10H,1-3H3,(H,21,22,23)/b17-10+. The third kappa shape index (κ3) is 4.22. The van der Waals surface area contributed by atoms with Gasteiger partial charge in [0, 0.05) is 12.1 Å². The number of nitrogens with one attached hydrogen (secondary N) is 1. The Labute approximate surface area is 160 Å². The van der Waals surface area contributed by atoms with Crippen molar-refractivity contribution in [3.8, 4) is 17.2 Å². The van der Waals surface area contributed by atoms with E-state index in [2.05, 4.69) is 10.3 Å². The molecular formula is C19H17FN2O4S. The first kappa shape index (κ1) is 18.8. The molecule has 0 spiro atoms. The first-order chi connectivity index (χ1) is 13.0. The van der Waals surface area contributed by atoms with Gasteiger partial charge in [-0.05, 0) is 42.1 Å². The van der Waals surface area contributed by atoms with Gasteiger partial charge in [-0.2, -0.15) is 0 Å². The van der Waals surface area contributed by atoms with E-state index in [1.165, 1.54) is 50.2 Å². The minimum Gasteiger partial charge on any atom is -0.496 e. The molecule has 0 saturated carbocycles. The van der Waals surface area contributed by atoms with Crippen LogP contribution in [0.1, 0.15) is 5.56 Å². The van der Waals surface area contributed by atoms with E-state index in [1.807, 2.05) is 0 Å². The summed E-state index contributed by atoms with van der Waals surface area (Å²) in [7, 11) is 4.60. The number of halogens is 1. The highest BCUT2D eigenvalue weighted by Gasteiger charge is 2.25. The van der Waals surface area contributed by atoms with E-state index in [0.717, 1.165) is 0 Å². The number of hydrogen-bond donors (Lipinski definition) is 1. The van der Waals surface area contributed by atoms with Crippen LogP contribution >= 0.6 is 11.8 Å². The topological polar surface area (TPSA) is 69.2 Å². The highest BCUT2D eigenvalue weighted by atomic mass is 32.2. The molecule has 0 radical (unpaired) electrons. The van der Waals surface area contributed by atoms with Gasteiger partial charge in [-0.25, -0.2) is 9.38 Å². The number of hydrogen-bond acceptors (Lipinski definition) is 6. The van der Waals surface area contributed by atoms with Crippen LogP contribution in [0, 0.1) is 5.82 Å². The number of carbonyl (C=O) groups excluding carboxylic acids is 1. The van der Waals surface area contributed by atoms with Crippen LogP contribution in [0.2, 0.25) is 0 Å². The van der Waals surface area contributed by atoms with Crippen molar-refractivity contribution in [3.63, 3.8) is 0 Å². The summed E-state index contributed by atoms with van der Waals surface area (Å²) < 4.78 is 29.0. The van der Waals surface area contributed by atoms with E-state index in [1.54, 1.807) is 25.3 Å². The van der Waals surface area contributed by atoms with Crippen molar-refractivity contribution in [1.82, 2.24) is 5.32 Å². The van der Waals surface area contributed by atoms with Crippen LogP contribution in [0.25, 0.3) is 6.08 Å². The van der Waals surface area contributed by atoms with Crippen LogP contribution in [0.4, 0.5) is 10.1 Å². The zero-order chi connectivity index (χ0) is 19.4. The Hall–Kier alpha value is -3.00. The minimum absolute atomic E-state index is 0.291. The van der Waals surface area contributed by atoms with E-state index in [4.69, 9.17) is 14.2 Å². The Morgan fingerprint density at radius 1 is 1.04 bits per heavy atom. The SMILES string of the molecule is COc1cc(OC)c(/C=C2/SC(=Nc3ccc(F)cc3)NC2=O)c(OC)c1. The summed E-state index contributed by atoms with van der Waals surface area (Å²) in [6.45, 7) is 0. The zero-order valence-electron chi connectivity index (χ0n) is 14.9. The summed E-state index contributed by atoms with van der Waals surface area (Å²) in [4.78, 5) is 17.0. The predicted molar refractivity (Wildman–Crippen MR) is 103 cm³/mol. The molecule has 140 valence electrons. The number of aliphatic imine (C=N–C) groups is 1. The molecule has 1 fully saturated rings. The second-order valence-electron chi connectivity index (χ2n) is 5.40. The van der Waals surface area contributed by atoms with E-state index in [-0.39, 0.29) is 11.7 Å². The van der Waals surface area contributed by atoms with Crippen LogP contribution in [0.15, 0.2) is 46.3 Å². The maximum absolute atomic E-state index is 13.0. The summed E-state index contributed by atoms with van der Waals surface area (Å²) in [5, 5.41) is 3.10. The first-order valence-corrected chi connectivity index (χ1v) is 8.71. The fraction of sp³-hybridized carbons (Fsp3) is 0.158. The van der Waals surface area contributed by atoms with E-state index < -0.39 is 0 Å². The predicted octanol–water partition coefficient (Wildman–Crippen LogP) is 3.74. The van der Waals surface area contributed by atoms with E-state index in [0.29, 0.717) is 38.6 Å². The smallest absolute Gasteiger partial charge is 0.264 e. The van der Waals surface area contributed by atoms with Crippen LogP contribution < -0.4 is 19.5 Å². The molecule has 1 N–H and O–H groups in total. The molecule has 0 aromatic heterocycles. The summed E-state index contributed by atoms with van der Waals surface area (Å²) in [6, 6.07) is 9.10. The lowest BCUT2D eigenvalue weighted by atomic mass is 10.1. The Bertz CT molecular complexity index is 901. The summed E-state index contributed by atoms with van der Waals surface area (Å²) >= 11 is 1.18. The van der Waals surface area contributed by atoms with Crippen molar-refractivity contribution >= 4 is 34.6 Å². The largest absolute Gasteiger partial charge is 0.496 e. The number of amides is 1. The Kier molecular flexibility index (Phi) is 5.66. The number of ether oxygens (including phenoxy) is 3. The number of carbonyl (C=O) groups is 1. The average Bonchev–Trinajstić information content (AvgIpc) is 3.02. The first-order valence-electron chi connectivity index (χ1n) is 7.89. The van der Waals surface area contributed by atoms with Crippen LogP contribution in [0.5, 0.6) is 17.2 Å². The number of benzene rings is 2. The molecule has 1 aliphatic heterocycles. The summed E-state index contributed by atoms with van der Waals surface area (Å²) in [5.41, 5.74) is 1.15. The quantitative estimate of drug-likeness (QED) is 0.790. The molecule has 1 amide bonds. The highest BCUT2D eigenvalue weighted by Crippen LogP contribution is 2.38. The maximum Gasteiger partial charge on any atom is 0.264 e. The van der Waals surface area contributed by atoms with Crippen molar-refractivity contribution in [2.24, 2.45) is 4.99 Å². The van der Waals surface area contributed by atoms with Crippen LogP contribution in [-0.2, 0) is 4.79 Å². The molecule has 0 bridgehead atoms. The average molecular weight is 388 g/mol. The lowest BCUT2D eigenvalue weighted by Crippen LogP contribution is -2.19. The fourth-order valence-corrected chi connectivity index (χ4v) is 3.24. The second kappa shape index (κ2) is 8.13. The van der Waals surface area contributed by atoms with Crippen LogP contribution in [-0.4, -0.2) is 32.4 Å². The van der Waals surface area contributed by atoms with Crippen molar-refractivity contribution < 1.29 is 23.4 Å². The lowest BCUT2D eigenvalue weighted by Gasteiger charge is -2.12. The van der Waals surface area contributed by atoms with Crippen molar-refractivity contribution in [3.05, 3.63) is 52.7 Å². The molecule has 2 aromatic carbocycles. The number of amidine groups is 1. The van der Waals surface area contributed by atoms with Crippen molar-refractivity contribution in [2.75, 3.05) is 21.3 Å². The van der Waals surface area contributed by atoms with Crippen LogP contribution in [0.3, 0.4) is 0 Å². The minimum atomic E-state index is -0.346. The van der Waals surface area contributed by atoms with Gasteiger partial charge in [-0.15, -0.1) is 0 Å². The van der Waals surface area contributed by atoms with Gasteiger partial charge < -0.3 is 19.5 Å². The lowest BCUT2D eigenvalue weighted by molar-refractivity contribution is -0.115. The number of nitrogens with zero attached hydrogens (tertiary/aromatic N) is 1. The molecule has 0 aliphatic carbocycles. The maximum atomic E-state index is 13.0. The molecule has 0 atom stereocenters. The Morgan fingerprint density at radius 2 is 1.67 bits per heavy atom. The van der Waals surface area contributed by atoms with Gasteiger partial charge in [0.2, 0.25) is 0 Å². The molecule has 2 aromatic rings. The monoisotopic (exact) mass is 388 g/mol. The van der Waals surface area contributed by atoms with Gasteiger partial charge in [0.05, 0.1) is 37.5 Å². The number of methoxy groups -OCH3 is 3. The van der Waals surface area contributed by atoms with Gasteiger partial charge >= 0.3 is 0 Å². The molecule has 6 nitrogen and oxygen atoms in total. The molecule has 8 heteroatoms. The van der Waals surface area contributed by atoms with Gasteiger partial charge in [0.25, 0.3) is 5.91 Å². The van der Waals surface area contributed by atoms with Crippen molar-refractivity contribution in [2.45, 2.75) is 0 Å². The Morgan fingerprint density at radius 3 is 2.22 bits per heavy atom. The molecular weight excluding hydrogens is 371 g/mol. The molecule has 1 aliphatic rings. The summed E-state index contributed by atoms with van der Waals surface area (Å²) in [5.74, 6) is 0.960. The zero-order valence-corrected chi connectivity index (χ0v) is 15.7. The molecule has 1 saturated heterocycles. The van der Waals surface area contributed by atoms with Crippen molar-refractivity contribution in [1.29, 1.82) is 0 Å². The molecule has 0 unspecified atom stereocenters. The third-order valence-electron chi connectivity index (χ3n) is 3.74. The van der Waals surface area contributed by atoms with Gasteiger partial charge in [-0.3, -0.25) is 4.79 Å². The second-order valence-corrected chi connectivity index (χ2v) is 6.43. The molecule has 1 heterocycles. The highest BCUT2D eigenvalue weighted by molar-refractivity contribution is 8.18. The van der Waals surface area contributed by atoms with E-state index in [9.17, 15) is 9.18 Å². The summed E-state index contributed by atoms with van der Waals surface area (Å²) in [6.07, 6.45) is 1.67. The van der Waals surface area contributed by atoms with E-state index >= 15 is 0 Å². The number of thioether (sulfide) groups is 1. The normalized spacial score (nSPS) is 16.5.